The molecule has 0 heterocycles. The van der Waals surface area contributed by atoms with Gasteiger partial charge in [0.1, 0.15) is 13.2 Å². The summed E-state index contributed by atoms with van der Waals surface area (Å²) >= 11 is 0. The van der Waals surface area contributed by atoms with Gasteiger partial charge in [-0.3, -0.25) is 9.59 Å². The predicted octanol–water partition coefficient (Wildman–Crippen LogP) is 2.17. The summed E-state index contributed by atoms with van der Waals surface area (Å²) in [4.78, 5) is 34.9. The summed E-state index contributed by atoms with van der Waals surface area (Å²) in [6.07, 6.45) is 2.71. The van der Waals surface area contributed by atoms with Crippen molar-refractivity contribution < 1.29 is 23.9 Å². The molecule has 0 saturated carbocycles. The first-order valence-electron chi connectivity index (χ1n) is 8.51. The van der Waals surface area contributed by atoms with Gasteiger partial charge in [-0.15, -0.1) is 0 Å². The van der Waals surface area contributed by atoms with Crippen LogP contribution in [0, 0.1) is 5.92 Å². The number of nitrogens with one attached hydrogen (secondary N) is 2. The number of ether oxygens (including phenoxy) is 2. The minimum atomic E-state index is -0.664. The first-order valence-corrected chi connectivity index (χ1v) is 8.51. The van der Waals surface area contributed by atoms with E-state index in [1.54, 1.807) is 32.9 Å². The molecule has 2 amide bonds. The summed E-state index contributed by atoms with van der Waals surface area (Å²) in [5.74, 6) is -1.06. The molecule has 1 aromatic carbocycles. The fourth-order valence-corrected chi connectivity index (χ4v) is 1.97. The summed E-state index contributed by atoms with van der Waals surface area (Å²) < 4.78 is 9.91. The fraction of sp³-hybridized carbons (Fsp3) is 0.421. The Kier molecular flexibility index (Phi) is 9.53. The Bertz CT molecular complexity index is 616. The van der Waals surface area contributed by atoms with Gasteiger partial charge in [-0.25, -0.2) is 4.79 Å². The highest BCUT2D eigenvalue weighted by molar-refractivity contribution is 5.82. The Morgan fingerprint density at radius 1 is 1.08 bits per heavy atom. The molecule has 0 unspecified atom stereocenters. The second-order valence-corrected chi connectivity index (χ2v) is 5.70. The Labute approximate surface area is 153 Å². The van der Waals surface area contributed by atoms with Crippen LogP contribution in [0.3, 0.4) is 0 Å². The molecule has 0 radical (unpaired) electrons. The van der Waals surface area contributed by atoms with Gasteiger partial charge in [-0.2, -0.15) is 0 Å². The minimum absolute atomic E-state index is 0.138. The molecule has 26 heavy (non-hydrogen) atoms. The molecule has 0 fully saturated rings. The van der Waals surface area contributed by atoms with Gasteiger partial charge in [0.25, 0.3) is 0 Å². The molecule has 0 saturated heterocycles. The van der Waals surface area contributed by atoms with Gasteiger partial charge in [0.05, 0.1) is 12.5 Å². The third-order valence-corrected chi connectivity index (χ3v) is 3.34. The van der Waals surface area contributed by atoms with E-state index in [-0.39, 0.29) is 37.0 Å². The first kappa shape index (κ1) is 21.2. The second-order valence-electron chi connectivity index (χ2n) is 5.70. The van der Waals surface area contributed by atoms with Gasteiger partial charge in [-0.1, -0.05) is 42.5 Å². The number of benzene rings is 1. The molecule has 0 spiro atoms. The van der Waals surface area contributed by atoms with Crippen LogP contribution in [0.2, 0.25) is 0 Å². The van der Waals surface area contributed by atoms with Gasteiger partial charge in [-0.05, 0) is 26.3 Å². The zero-order valence-electron chi connectivity index (χ0n) is 15.4. The van der Waals surface area contributed by atoms with Crippen molar-refractivity contribution in [3.63, 3.8) is 0 Å². The predicted molar refractivity (Wildman–Crippen MR) is 97.2 cm³/mol. The Morgan fingerprint density at radius 2 is 1.77 bits per heavy atom. The van der Waals surface area contributed by atoms with E-state index >= 15 is 0 Å². The summed E-state index contributed by atoms with van der Waals surface area (Å²) in [6, 6.07) is 8.96. The highest BCUT2D eigenvalue weighted by Gasteiger charge is 2.12. The second kappa shape index (κ2) is 11.7. The van der Waals surface area contributed by atoms with E-state index in [2.05, 4.69) is 10.6 Å². The highest BCUT2D eigenvalue weighted by Crippen LogP contribution is 2.02. The molecule has 0 aromatic heterocycles. The third kappa shape index (κ3) is 8.86. The molecule has 1 aromatic rings. The van der Waals surface area contributed by atoms with Gasteiger partial charge >= 0.3 is 12.1 Å². The van der Waals surface area contributed by atoms with Gasteiger partial charge < -0.3 is 20.1 Å². The van der Waals surface area contributed by atoms with E-state index in [1.807, 2.05) is 30.3 Å². The van der Waals surface area contributed by atoms with Gasteiger partial charge in [0.15, 0.2) is 0 Å². The molecule has 142 valence electrons. The van der Waals surface area contributed by atoms with Crippen LogP contribution in [0.1, 0.15) is 26.3 Å². The van der Waals surface area contributed by atoms with Crippen LogP contribution in [-0.2, 0) is 25.7 Å². The number of amides is 2. The number of rotatable bonds is 9. The van der Waals surface area contributed by atoms with Crippen LogP contribution < -0.4 is 10.6 Å². The van der Waals surface area contributed by atoms with Crippen molar-refractivity contribution >= 4 is 18.0 Å². The molecule has 2 N–H and O–H groups in total. The molecular weight excluding hydrogens is 336 g/mol. The lowest BCUT2D eigenvalue weighted by Crippen LogP contribution is -2.40. The molecule has 0 aliphatic rings. The molecule has 2 atom stereocenters. The lowest BCUT2D eigenvalue weighted by atomic mass is 10.1. The molecule has 7 nitrogen and oxygen atoms in total. The van der Waals surface area contributed by atoms with E-state index in [0.29, 0.717) is 6.61 Å². The largest absolute Gasteiger partial charge is 0.466 e. The van der Waals surface area contributed by atoms with Crippen LogP contribution in [0.25, 0.3) is 0 Å². The van der Waals surface area contributed by atoms with Crippen molar-refractivity contribution in [2.45, 2.75) is 33.4 Å². The average Bonchev–Trinajstić information content (AvgIpc) is 2.63. The van der Waals surface area contributed by atoms with E-state index in [1.165, 1.54) is 0 Å². The van der Waals surface area contributed by atoms with Crippen LogP contribution in [0.4, 0.5) is 4.79 Å². The monoisotopic (exact) mass is 362 g/mol. The minimum Gasteiger partial charge on any atom is -0.466 e. The number of hydrogen-bond donors (Lipinski definition) is 2. The van der Waals surface area contributed by atoms with Crippen LogP contribution in [0.5, 0.6) is 0 Å². The van der Waals surface area contributed by atoms with Crippen molar-refractivity contribution in [3.05, 3.63) is 48.0 Å². The Balaban J connectivity index is 2.26. The normalized spacial score (nSPS) is 12.9. The Hall–Kier alpha value is -2.83. The standard InChI is InChI=1S/C19H26N2O5/c1-4-25-18(23)14(2)10-11-15(3)21-17(22)12-20-19(24)26-13-16-8-6-5-7-9-16/h5-11,14-15H,4,12-13H2,1-3H3,(H,20,24)(H,21,22)/b11-10+/t14-,15-/m1/s1. The van der Waals surface area contributed by atoms with Gasteiger partial charge in [0.2, 0.25) is 5.91 Å². The van der Waals surface area contributed by atoms with Crippen LogP contribution in [-0.4, -0.2) is 37.2 Å². The maximum absolute atomic E-state index is 11.8. The maximum Gasteiger partial charge on any atom is 0.407 e. The summed E-state index contributed by atoms with van der Waals surface area (Å²) in [6.45, 7) is 5.50. The lowest BCUT2D eigenvalue weighted by Gasteiger charge is -2.12. The highest BCUT2D eigenvalue weighted by atomic mass is 16.5. The molecule has 0 aliphatic heterocycles. The molecular formula is C19H26N2O5. The van der Waals surface area contributed by atoms with Crippen LogP contribution in [0.15, 0.2) is 42.5 Å². The number of esters is 1. The number of alkyl carbamates (subject to hydrolysis) is 1. The number of carbonyl (C=O) groups excluding carboxylic acids is 3. The Morgan fingerprint density at radius 3 is 2.42 bits per heavy atom. The van der Waals surface area contributed by atoms with Crippen molar-refractivity contribution in [2.75, 3.05) is 13.2 Å². The van der Waals surface area contributed by atoms with Crippen LogP contribution >= 0.6 is 0 Å². The van der Waals surface area contributed by atoms with E-state index in [0.717, 1.165) is 5.56 Å². The van der Waals surface area contributed by atoms with Crippen molar-refractivity contribution in [2.24, 2.45) is 5.92 Å². The molecule has 0 bridgehead atoms. The van der Waals surface area contributed by atoms with Crippen molar-refractivity contribution in [1.29, 1.82) is 0 Å². The maximum atomic E-state index is 11.8. The van der Waals surface area contributed by atoms with Crippen molar-refractivity contribution in [3.8, 4) is 0 Å². The first-order chi connectivity index (χ1) is 12.4. The zero-order chi connectivity index (χ0) is 19.4. The van der Waals surface area contributed by atoms with E-state index in [4.69, 9.17) is 9.47 Å². The smallest absolute Gasteiger partial charge is 0.407 e. The molecule has 7 heteroatoms. The topological polar surface area (TPSA) is 93.7 Å². The average molecular weight is 362 g/mol. The fourth-order valence-electron chi connectivity index (χ4n) is 1.97. The van der Waals surface area contributed by atoms with Gasteiger partial charge in [0, 0.05) is 6.04 Å². The number of carbonyl (C=O) groups is 3. The third-order valence-electron chi connectivity index (χ3n) is 3.34. The summed E-state index contributed by atoms with van der Waals surface area (Å²) in [5, 5.41) is 5.07. The SMILES string of the molecule is CCOC(=O)[C@H](C)/C=C/[C@@H](C)NC(=O)CNC(=O)OCc1ccccc1. The zero-order valence-corrected chi connectivity index (χ0v) is 15.4. The lowest BCUT2D eigenvalue weighted by molar-refractivity contribution is -0.145. The quantitative estimate of drug-likeness (QED) is 0.519. The molecule has 0 aliphatic carbocycles. The van der Waals surface area contributed by atoms with Crippen molar-refractivity contribution in [1.82, 2.24) is 10.6 Å². The summed E-state index contributed by atoms with van der Waals surface area (Å²) in [7, 11) is 0. The van der Waals surface area contributed by atoms with E-state index in [9.17, 15) is 14.4 Å². The number of hydrogen-bond acceptors (Lipinski definition) is 5. The summed E-state index contributed by atoms with van der Waals surface area (Å²) in [5.41, 5.74) is 0.863. The van der Waals surface area contributed by atoms with E-state index < -0.39 is 6.09 Å². The molecule has 1 rings (SSSR count).